The molecular weight excluding hydrogens is 432 g/mol. The molecule has 1 aliphatic rings. The van der Waals surface area contributed by atoms with Crippen LogP contribution in [0.15, 0.2) is 106 Å². The molecule has 5 heteroatoms. The summed E-state index contributed by atoms with van der Waals surface area (Å²) in [5, 5.41) is -0.233. The van der Waals surface area contributed by atoms with Crippen molar-refractivity contribution in [1.29, 1.82) is 0 Å². The third kappa shape index (κ3) is 5.90. The van der Waals surface area contributed by atoms with E-state index in [0.717, 1.165) is 41.9 Å². The minimum absolute atomic E-state index is 0.233. The molecule has 1 atom stereocenters. The van der Waals surface area contributed by atoms with Crippen LogP contribution in [-0.2, 0) is 20.7 Å². The van der Waals surface area contributed by atoms with Crippen LogP contribution in [0.2, 0.25) is 0 Å². The quantitative estimate of drug-likeness (QED) is 0.254. The van der Waals surface area contributed by atoms with Crippen LogP contribution in [-0.4, -0.2) is 20.1 Å². The molecule has 0 radical (unpaired) electrons. The van der Waals surface area contributed by atoms with Crippen molar-refractivity contribution >= 4 is 32.3 Å². The molecule has 3 rings (SSSR count). The number of sulfone groups is 1. The summed E-state index contributed by atoms with van der Waals surface area (Å²) in [6.07, 6.45) is 11.8. The third-order valence-electron chi connectivity index (χ3n) is 5.08. The molecular formula is C25H30ClO2S2+. The molecule has 1 unspecified atom stereocenters. The number of alkyl halides is 1. The Balaban J connectivity index is 0.00000155. The molecule has 2 aromatic carbocycles. The zero-order valence-electron chi connectivity index (χ0n) is 17.5. The molecule has 1 saturated carbocycles. The van der Waals surface area contributed by atoms with E-state index >= 15 is 0 Å². The first kappa shape index (κ1) is 24.5. The second-order valence-electron chi connectivity index (χ2n) is 6.90. The highest BCUT2D eigenvalue weighted by Crippen LogP contribution is 2.33. The maximum absolute atomic E-state index is 13.0. The van der Waals surface area contributed by atoms with Crippen LogP contribution >= 0.6 is 11.6 Å². The van der Waals surface area contributed by atoms with Gasteiger partial charge in [-0.05, 0) is 61.4 Å². The van der Waals surface area contributed by atoms with Gasteiger partial charge in [-0.3, -0.25) is 0 Å². The van der Waals surface area contributed by atoms with Crippen molar-refractivity contribution in [3.8, 4) is 0 Å². The highest BCUT2D eigenvalue weighted by molar-refractivity contribution is 8.00. The van der Waals surface area contributed by atoms with Crippen molar-refractivity contribution in [2.75, 3.05) is 6.38 Å². The van der Waals surface area contributed by atoms with Crippen LogP contribution in [0.4, 0.5) is 0 Å². The molecule has 2 nitrogen and oxygen atoms in total. The third-order valence-corrected chi connectivity index (χ3v) is 9.62. The molecule has 0 N–H and O–H groups in total. The molecule has 160 valence electrons. The van der Waals surface area contributed by atoms with Gasteiger partial charge in [0.25, 0.3) is 0 Å². The Bertz CT molecular complexity index is 942. The average molecular weight is 462 g/mol. The summed E-state index contributed by atoms with van der Waals surface area (Å²) in [5.74, 6) is 0. The van der Waals surface area contributed by atoms with Crippen molar-refractivity contribution in [3.63, 3.8) is 0 Å². The number of hydrogen-bond donors (Lipinski definition) is 0. The van der Waals surface area contributed by atoms with Gasteiger partial charge in [0, 0.05) is 6.38 Å². The van der Waals surface area contributed by atoms with Gasteiger partial charge in [-0.25, -0.2) is 8.42 Å². The van der Waals surface area contributed by atoms with Gasteiger partial charge in [0.05, 0.1) is 21.0 Å². The van der Waals surface area contributed by atoms with Crippen molar-refractivity contribution in [3.05, 3.63) is 90.9 Å². The summed E-state index contributed by atoms with van der Waals surface area (Å²) in [4.78, 5) is 3.73. The van der Waals surface area contributed by atoms with Gasteiger partial charge in [0.2, 0.25) is 0 Å². The highest BCUT2D eigenvalue weighted by Gasteiger charge is 2.32. The molecule has 0 saturated heterocycles. The average Bonchev–Trinajstić information content (AvgIpc) is 2.81. The minimum atomic E-state index is -3.25. The predicted octanol–water partition coefficient (Wildman–Crippen LogP) is 6.94. The molecule has 30 heavy (non-hydrogen) atoms. The number of hydrogen-bond acceptors (Lipinski definition) is 2. The lowest BCUT2D eigenvalue weighted by atomic mass is 10.0. The predicted molar refractivity (Wildman–Crippen MR) is 131 cm³/mol. The van der Waals surface area contributed by atoms with Gasteiger partial charge >= 0.3 is 0 Å². The Hall–Kier alpha value is -1.75. The van der Waals surface area contributed by atoms with Crippen LogP contribution < -0.4 is 0 Å². The fourth-order valence-corrected chi connectivity index (χ4v) is 7.54. The Morgan fingerprint density at radius 1 is 0.933 bits per heavy atom. The lowest BCUT2D eigenvalue weighted by Gasteiger charge is -2.21. The Labute approximate surface area is 189 Å². The van der Waals surface area contributed by atoms with Crippen molar-refractivity contribution in [2.45, 2.75) is 52.0 Å². The summed E-state index contributed by atoms with van der Waals surface area (Å²) in [5.41, 5.74) is 0. The lowest BCUT2D eigenvalue weighted by Crippen LogP contribution is -2.24. The molecule has 0 amide bonds. The zero-order chi connectivity index (χ0) is 22.0. The summed E-state index contributed by atoms with van der Waals surface area (Å²) in [6, 6.07) is 17.7. The van der Waals surface area contributed by atoms with Gasteiger partial charge in [-0.15, -0.1) is 11.6 Å². The van der Waals surface area contributed by atoms with E-state index in [4.69, 9.17) is 0 Å². The summed E-state index contributed by atoms with van der Waals surface area (Å²) < 4.78 is 26.0. The second-order valence-corrected chi connectivity index (χ2v) is 11.2. The van der Waals surface area contributed by atoms with E-state index in [1.807, 2.05) is 42.5 Å². The van der Waals surface area contributed by atoms with Gasteiger partial charge in [-0.1, -0.05) is 56.7 Å². The Morgan fingerprint density at radius 3 is 2.03 bits per heavy atom. The molecule has 1 fully saturated rings. The first-order chi connectivity index (χ1) is 14.6. The smallest absolute Gasteiger partial charge is 0.181 e. The van der Waals surface area contributed by atoms with Crippen molar-refractivity contribution in [2.24, 2.45) is 0 Å². The minimum Gasteiger partial charge on any atom is -0.223 e. The maximum atomic E-state index is 13.0. The van der Waals surface area contributed by atoms with Gasteiger partial charge < -0.3 is 0 Å². The van der Waals surface area contributed by atoms with Crippen LogP contribution in [0.1, 0.15) is 32.1 Å². The molecule has 0 heterocycles. The molecule has 0 bridgehead atoms. The van der Waals surface area contributed by atoms with E-state index in [0.29, 0.717) is 4.90 Å². The SMILES string of the molecule is C=C/C=C(\C=C)[S+](c1ccccc1)c1ccc(S(=O)(=O)C2CCCCC2)cc1.CCl. The van der Waals surface area contributed by atoms with Crippen LogP contribution in [0.25, 0.3) is 0 Å². The number of benzene rings is 2. The molecule has 0 aliphatic heterocycles. The molecule has 0 aromatic heterocycles. The summed E-state index contributed by atoms with van der Waals surface area (Å²) >= 11 is 4.64. The standard InChI is InChI=1S/C24H27O2S2.CH3Cl/c1-3-11-20(4-2)27(21-12-7-5-8-13-21)22-16-18-24(19-17-22)28(25,26)23-14-9-6-10-15-23;1-2/h3-5,7-8,11-13,16-19,23H,1-2,6,9-10,14-15H2;1H3/q+1;/b20-11+;. The van der Waals surface area contributed by atoms with Gasteiger partial charge in [0.1, 0.15) is 0 Å². The fraction of sp³-hybridized carbons (Fsp3) is 0.280. The first-order valence-corrected chi connectivity index (χ1v) is 13.6. The summed E-state index contributed by atoms with van der Waals surface area (Å²) in [6.45, 7) is 7.78. The van der Waals surface area contributed by atoms with E-state index in [9.17, 15) is 8.42 Å². The molecule has 0 spiro atoms. The number of halogens is 1. The Morgan fingerprint density at radius 2 is 1.50 bits per heavy atom. The number of rotatable bonds is 7. The highest BCUT2D eigenvalue weighted by atomic mass is 35.5. The Kier molecular flexibility index (Phi) is 9.96. The van der Waals surface area contributed by atoms with Gasteiger partial charge in [-0.2, -0.15) is 0 Å². The van der Waals surface area contributed by atoms with E-state index in [2.05, 4.69) is 36.9 Å². The monoisotopic (exact) mass is 461 g/mol. The van der Waals surface area contributed by atoms with E-state index < -0.39 is 9.84 Å². The van der Waals surface area contributed by atoms with E-state index in [1.54, 1.807) is 18.2 Å². The van der Waals surface area contributed by atoms with E-state index in [-0.39, 0.29) is 16.1 Å². The lowest BCUT2D eigenvalue weighted by molar-refractivity contribution is 0.483. The molecule has 1 aliphatic carbocycles. The molecule has 2 aromatic rings. The first-order valence-electron chi connectivity index (χ1n) is 10.0. The topological polar surface area (TPSA) is 34.1 Å². The van der Waals surface area contributed by atoms with Crippen LogP contribution in [0, 0.1) is 0 Å². The van der Waals surface area contributed by atoms with Gasteiger partial charge in [0.15, 0.2) is 24.5 Å². The maximum Gasteiger partial charge on any atom is 0.181 e. The number of allylic oxidation sites excluding steroid dienone is 3. The van der Waals surface area contributed by atoms with E-state index in [1.165, 1.54) is 11.3 Å². The largest absolute Gasteiger partial charge is 0.223 e. The summed E-state index contributed by atoms with van der Waals surface area (Å²) in [7, 11) is -3.60. The normalized spacial score (nSPS) is 16.1. The fourth-order valence-electron chi connectivity index (χ4n) is 3.63. The van der Waals surface area contributed by atoms with Crippen molar-refractivity contribution < 1.29 is 8.42 Å². The second kappa shape index (κ2) is 12.2. The van der Waals surface area contributed by atoms with Crippen molar-refractivity contribution in [1.82, 2.24) is 0 Å². The zero-order valence-corrected chi connectivity index (χ0v) is 19.9. The van der Waals surface area contributed by atoms with Crippen LogP contribution in [0.3, 0.4) is 0 Å². The van der Waals surface area contributed by atoms with Crippen LogP contribution in [0.5, 0.6) is 0 Å².